The van der Waals surface area contributed by atoms with Gasteiger partial charge < -0.3 is 11.1 Å². The molecule has 2 aromatic rings. The number of hydrogen-bond donors (Lipinski definition) is 2. The van der Waals surface area contributed by atoms with Gasteiger partial charge in [0.15, 0.2) is 0 Å². The predicted octanol–water partition coefficient (Wildman–Crippen LogP) is 11.3. The molecule has 4 aliphatic carbocycles. The van der Waals surface area contributed by atoms with Crippen LogP contribution in [0.4, 0.5) is 0 Å². The van der Waals surface area contributed by atoms with E-state index in [-0.39, 0.29) is 29.3 Å². The molecular weight excluding hydrogens is 626 g/mol. The summed E-state index contributed by atoms with van der Waals surface area (Å²) in [6.45, 7) is 0. The zero-order chi connectivity index (χ0) is 29.0. The molecular formula is C35H49Cl5N2. The van der Waals surface area contributed by atoms with Crippen LogP contribution in [0, 0.1) is 11.8 Å². The molecule has 6 rings (SSSR count). The smallest absolute Gasteiger partial charge is 0.0595 e. The third-order valence-corrected chi connectivity index (χ3v) is 12.8. The van der Waals surface area contributed by atoms with Crippen LogP contribution in [0.3, 0.4) is 0 Å². The van der Waals surface area contributed by atoms with Gasteiger partial charge in [-0.2, -0.15) is 0 Å². The van der Waals surface area contributed by atoms with Gasteiger partial charge >= 0.3 is 0 Å². The topological polar surface area (TPSA) is 38.0 Å². The first-order valence-corrected chi connectivity index (χ1v) is 17.7. The van der Waals surface area contributed by atoms with E-state index in [9.17, 15) is 0 Å². The van der Waals surface area contributed by atoms with E-state index < -0.39 is 0 Å². The molecule has 2 aromatic carbocycles. The van der Waals surface area contributed by atoms with E-state index in [1.807, 2.05) is 18.2 Å². The predicted molar refractivity (Wildman–Crippen MR) is 185 cm³/mol. The highest BCUT2D eigenvalue weighted by molar-refractivity contribution is 6.42. The Hall–Kier alpha value is -0.190. The molecule has 0 spiro atoms. The Labute approximate surface area is 280 Å². The summed E-state index contributed by atoms with van der Waals surface area (Å²) in [5, 5.41) is 6.32. The van der Waals surface area contributed by atoms with Crippen LogP contribution < -0.4 is 11.1 Å². The lowest BCUT2D eigenvalue weighted by Crippen LogP contribution is -2.55. The van der Waals surface area contributed by atoms with E-state index in [1.54, 1.807) is 0 Å². The molecule has 4 saturated carbocycles. The van der Waals surface area contributed by atoms with Crippen molar-refractivity contribution >= 4 is 58.8 Å². The van der Waals surface area contributed by atoms with Gasteiger partial charge in [0.25, 0.3) is 0 Å². The molecule has 4 aliphatic rings. The van der Waals surface area contributed by atoms with Crippen LogP contribution in [-0.2, 0) is 10.8 Å². The average molecular weight is 675 g/mol. The minimum Gasteiger partial charge on any atom is -0.327 e. The van der Waals surface area contributed by atoms with E-state index in [2.05, 4.69) is 30.6 Å². The fourth-order valence-corrected chi connectivity index (χ4v) is 9.29. The number of halogens is 5. The molecule has 2 unspecified atom stereocenters. The standard InChI is InChI=1S/C18H25Cl2N.C17H23Cl2N.ClH/c1-21-17(13-6-3-2-4-7-13)18(10-5-11-18)14-8-9-15(19)16(20)12-14;18-14-8-7-13(11-15(14)19)17(9-4-10-17)16(20)12-5-2-1-3-6-12;/h8-9,12-13,17,21H,2-7,10-11H2,1H3;7-8,11-12,16H,1-6,9-10,20H2;1H. The van der Waals surface area contributed by atoms with Gasteiger partial charge in [-0.25, -0.2) is 0 Å². The number of likely N-dealkylation sites (N-methyl/N-ethyl adjacent to an activating group) is 1. The molecule has 0 saturated heterocycles. The van der Waals surface area contributed by atoms with Crippen molar-refractivity contribution in [1.29, 1.82) is 0 Å². The number of nitrogens with one attached hydrogen (secondary N) is 1. The van der Waals surface area contributed by atoms with Gasteiger partial charge in [-0.15, -0.1) is 12.4 Å². The van der Waals surface area contributed by atoms with Gasteiger partial charge in [0.1, 0.15) is 0 Å². The summed E-state index contributed by atoms with van der Waals surface area (Å²) in [5.74, 6) is 1.48. The molecule has 2 nitrogen and oxygen atoms in total. The summed E-state index contributed by atoms with van der Waals surface area (Å²) in [7, 11) is 2.14. The molecule has 0 radical (unpaired) electrons. The highest BCUT2D eigenvalue weighted by Crippen LogP contribution is 2.52. The van der Waals surface area contributed by atoms with Crippen molar-refractivity contribution in [3.8, 4) is 0 Å². The molecule has 2 atom stereocenters. The Bertz CT molecular complexity index is 1150. The SMILES string of the molecule is CNC(C1CCCCC1)C1(c2ccc(Cl)c(Cl)c2)CCC1.Cl.NC(C1CCCCC1)C1(c2ccc(Cl)c(Cl)c2)CCC1. The quantitative estimate of drug-likeness (QED) is 0.307. The molecule has 0 heterocycles. The fraction of sp³-hybridized carbons (Fsp3) is 0.657. The average Bonchev–Trinajstić information content (AvgIpc) is 2.95. The van der Waals surface area contributed by atoms with Gasteiger partial charge in [-0.05, 0) is 106 Å². The Balaban J connectivity index is 0.000000189. The van der Waals surface area contributed by atoms with Crippen molar-refractivity contribution in [1.82, 2.24) is 5.32 Å². The van der Waals surface area contributed by atoms with Crippen LogP contribution in [0.15, 0.2) is 36.4 Å². The summed E-state index contributed by atoms with van der Waals surface area (Å²) in [6.07, 6.45) is 21.1. The van der Waals surface area contributed by atoms with Crippen molar-refractivity contribution in [2.24, 2.45) is 17.6 Å². The van der Waals surface area contributed by atoms with E-state index in [4.69, 9.17) is 52.1 Å². The van der Waals surface area contributed by atoms with E-state index >= 15 is 0 Å². The Kier molecular flexibility index (Phi) is 12.7. The second-order valence-electron chi connectivity index (χ2n) is 13.4. The van der Waals surface area contributed by atoms with Crippen LogP contribution >= 0.6 is 58.8 Å². The minimum absolute atomic E-state index is 0. The van der Waals surface area contributed by atoms with Crippen molar-refractivity contribution in [3.63, 3.8) is 0 Å². The van der Waals surface area contributed by atoms with E-state index in [1.165, 1.54) is 114 Å². The van der Waals surface area contributed by atoms with Gasteiger partial charge in [-0.1, -0.05) is 110 Å². The summed E-state index contributed by atoms with van der Waals surface area (Å²) in [5.41, 5.74) is 9.84. The van der Waals surface area contributed by atoms with Gasteiger partial charge in [0.2, 0.25) is 0 Å². The monoisotopic (exact) mass is 672 g/mol. The third-order valence-electron chi connectivity index (χ3n) is 11.3. The number of hydrogen-bond acceptors (Lipinski definition) is 2. The molecule has 3 N–H and O–H groups in total. The van der Waals surface area contributed by atoms with E-state index in [0.717, 1.165) is 5.92 Å². The van der Waals surface area contributed by atoms with Gasteiger partial charge in [0.05, 0.1) is 20.1 Å². The Morgan fingerprint density at radius 3 is 1.43 bits per heavy atom. The summed E-state index contributed by atoms with van der Waals surface area (Å²) in [6, 6.07) is 13.2. The Morgan fingerprint density at radius 2 is 1.05 bits per heavy atom. The summed E-state index contributed by atoms with van der Waals surface area (Å²) < 4.78 is 0. The summed E-state index contributed by atoms with van der Waals surface area (Å²) in [4.78, 5) is 0. The molecule has 42 heavy (non-hydrogen) atoms. The second kappa shape index (κ2) is 15.4. The maximum atomic E-state index is 6.73. The van der Waals surface area contributed by atoms with Crippen molar-refractivity contribution in [2.75, 3.05) is 7.05 Å². The van der Waals surface area contributed by atoms with Crippen LogP contribution in [0.1, 0.15) is 114 Å². The maximum absolute atomic E-state index is 6.73. The van der Waals surface area contributed by atoms with Crippen LogP contribution in [-0.4, -0.2) is 19.1 Å². The summed E-state index contributed by atoms with van der Waals surface area (Å²) >= 11 is 24.7. The largest absolute Gasteiger partial charge is 0.327 e. The second-order valence-corrected chi connectivity index (χ2v) is 15.0. The normalized spacial score (nSPS) is 23.3. The molecule has 7 heteroatoms. The Morgan fingerprint density at radius 1 is 0.619 bits per heavy atom. The molecule has 0 amide bonds. The molecule has 4 fully saturated rings. The third kappa shape index (κ3) is 7.11. The van der Waals surface area contributed by atoms with Crippen molar-refractivity contribution in [3.05, 3.63) is 67.6 Å². The zero-order valence-electron chi connectivity index (χ0n) is 25.1. The van der Waals surface area contributed by atoms with Crippen LogP contribution in [0.2, 0.25) is 20.1 Å². The number of benzene rings is 2. The first kappa shape index (κ1) is 34.7. The molecule has 0 aliphatic heterocycles. The lowest BCUT2D eigenvalue weighted by Gasteiger charge is -2.52. The number of rotatable bonds is 7. The zero-order valence-corrected chi connectivity index (χ0v) is 28.9. The van der Waals surface area contributed by atoms with Gasteiger partial charge in [-0.3, -0.25) is 0 Å². The molecule has 234 valence electrons. The fourth-order valence-electron chi connectivity index (χ4n) is 8.70. The highest BCUT2D eigenvalue weighted by atomic mass is 35.5. The highest BCUT2D eigenvalue weighted by Gasteiger charge is 2.48. The first-order chi connectivity index (χ1) is 19.8. The van der Waals surface area contributed by atoms with Crippen molar-refractivity contribution < 1.29 is 0 Å². The van der Waals surface area contributed by atoms with Crippen molar-refractivity contribution in [2.45, 2.75) is 126 Å². The van der Waals surface area contributed by atoms with Crippen LogP contribution in [0.25, 0.3) is 0 Å². The molecule has 0 aromatic heterocycles. The first-order valence-electron chi connectivity index (χ1n) is 16.1. The minimum atomic E-state index is 0. The van der Waals surface area contributed by atoms with Crippen LogP contribution in [0.5, 0.6) is 0 Å². The number of nitrogens with two attached hydrogens (primary N) is 1. The van der Waals surface area contributed by atoms with E-state index in [0.29, 0.717) is 32.1 Å². The molecule has 0 bridgehead atoms. The lowest BCUT2D eigenvalue weighted by atomic mass is 9.56. The lowest BCUT2D eigenvalue weighted by molar-refractivity contribution is 0.111. The maximum Gasteiger partial charge on any atom is 0.0595 e. The van der Waals surface area contributed by atoms with Gasteiger partial charge in [0, 0.05) is 22.9 Å².